The largest absolute Gasteiger partial charge is 0.497 e. The highest BCUT2D eigenvalue weighted by molar-refractivity contribution is 5.87. The van der Waals surface area contributed by atoms with E-state index in [1.54, 1.807) is 7.11 Å². The third-order valence-electron chi connectivity index (χ3n) is 7.15. The van der Waals surface area contributed by atoms with E-state index in [-0.39, 0.29) is 0 Å². The molecule has 0 spiro atoms. The minimum Gasteiger partial charge on any atom is -0.497 e. The van der Waals surface area contributed by atoms with E-state index in [0.717, 1.165) is 35.4 Å². The Morgan fingerprint density at radius 3 is 2.70 bits per heavy atom. The van der Waals surface area contributed by atoms with Crippen molar-refractivity contribution >= 4 is 27.2 Å². The van der Waals surface area contributed by atoms with Crippen molar-refractivity contribution in [2.45, 2.75) is 31.3 Å². The highest BCUT2D eigenvalue weighted by Gasteiger charge is 2.36. The molecule has 2 aliphatic heterocycles. The molecule has 1 aromatic heterocycles. The lowest BCUT2D eigenvalue weighted by molar-refractivity contribution is 0.169. The van der Waals surface area contributed by atoms with Crippen LogP contribution < -0.4 is 9.47 Å². The van der Waals surface area contributed by atoms with Crippen LogP contribution in [0.15, 0.2) is 79.0 Å². The maximum Gasteiger partial charge on any atom is 0.149 e. The SMILES string of the molecule is COc1cc(OCCN2C3C=C(c4ccc5ccccc5c4)CC2CC3)c2ncccc2c1. The lowest BCUT2D eigenvalue weighted by Gasteiger charge is -2.34. The predicted molar refractivity (Wildman–Crippen MR) is 134 cm³/mol. The molecule has 4 nitrogen and oxygen atoms in total. The molecule has 166 valence electrons. The molecule has 2 aliphatic rings. The number of ether oxygens (including phenoxy) is 2. The van der Waals surface area contributed by atoms with Crippen molar-refractivity contribution in [3.05, 3.63) is 84.6 Å². The van der Waals surface area contributed by atoms with Crippen LogP contribution in [0.1, 0.15) is 24.8 Å². The summed E-state index contributed by atoms with van der Waals surface area (Å²) in [6.45, 7) is 1.56. The highest BCUT2D eigenvalue weighted by Crippen LogP contribution is 2.39. The molecule has 4 aromatic rings. The van der Waals surface area contributed by atoms with Crippen LogP contribution in [0.4, 0.5) is 0 Å². The number of benzene rings is 3. The quantitative estimate of drug-likeness (QED) is 0.366. The van der Waals surface area contributed by atoms with Crippen LogP contribution in [0.25, 0.3) is 27.2 Å². The Bertz CT molecular complexity index is 1350. The zero-order chi connectivity index (χ0) is 22.2. The molecular weight excluding hydrogens is 408 g/mol. The third kappa shape index (κ3) is 3.85. The van der Waals surface area contributed by atoms with Crippen LogP contribution in [-0.2, 0) is 0 Å². The number of aromatic nitrogens is 1. The van der Waals surface area contributed by atoms with Crippen LogP contribution in [0.5, 0.6) is 11.5 Å². The Balaban J connectivity index is 1.17. The predicted octanol–water partition coefficient (Wildman–Crippen LogP) is 6.10. The summed E-state index contributed by atoms with van der Waals surface area (Å²) in [5, 5.41) is 3.66. The molecule has 2 unspecified atom stereocenters. The highest BCUT2D eigenvalue weighted by atomic mass is 16.5. The molecule has 0 aliphatic carbocycles. The van der Waals surface area contributed by atoms with Crippen molar-refractivity contribution in [2.75, 3.05) is 20.3 Å². The maximum atomic E-state index is 6.24. The standard InChI is InChI=1S/C29H28N2O2/c1-32-27-18-23-7-4-12-30-29(23)28(19-27)33-14-13-31-25-10-11-26(31)17-24(16-25)22-9-8-20-5-2-3-6-21(20)15-22/h2-9,12,15-16,18-19,25-26H,10-11,13-14,17H2,1H3. The smallest absolute Gasteiger partial charge is 0.149 e. The second-order valence-corrected chi connectivity index (χ2v) is 9.04. The van der Waals surface area contributed by atoms with Gasteiger partial charge in [0.05, 0.1) is 7.11 Å². The van der Waals surface area contributed by atoms with E-state index in [1.165, 1.54) is 34.8 Å². The van der Waals surface area contributed by atoms with Gasteiger partial charge in [-0.25, -0.2) is 0 Å². The topological polar surface area (TPSA) is 34.6 Å². The van der Waals surface area contributed by atoms with Crippen LogP contribution >= 0.6 is 0 Å². The Labute approximate surface area is 194 Å². The van der Waals surface area contributed by atoms with Crippen LogP contribution in [0.2, 0.25) is 0 Å². The number of nitrogens with zero attached hydrogens (tertiary/aromatic N) is 2. The molecule has 3 aromatic carbocycles. The maximum absolute atomic E-state index is 6.24. The minimum atomic E-state index is 0.494. The molecule has 0 amide bonds. The normalized spacial score (nSPS) is 20.2. The Morgan fingerprint density at radius 2 is 1.82 bits per heavy atom. The average Bonchev–Trinajstić information content (AvgIpc) is 3.09. The Kier molecular flexibility index (Phi) is 5.23. The molecule has 2 bridgehead atoms. The van der Waals surface area contributed by atoms with Gasteiger partial charge in [-0.1, -0.05) is 48.5 Å². The summed E-state index contributed by atoms with van der Waals surface area (Å²) in [4.78, 5) is 7.15. The van der Waals surface area contributed by atoms with E-state index in [1.807, 2.05) is 30.5 Å². The molecule has 2 atom stereocenters. The van der Waals surface area contributed by atoms with E-state index < -0.39 is 0 Å². The van der Waals surface area contributed by atoms with Gasteiger partial charge >= 0.3 is 0 Å². The van der Waals surface area contributed by atoms with Crippen molar-refractivity contribution in [1.82, 2.24) is 9.88 Å². The second kappa shape index (κ2) is 8.53. The number of rotatable bonds is 6. The average molecular weight is 437 g/mol. The van der Waals surface area contributed by atoms with E-state index in [9.17, 15) is 0 Å². The first kappa shape index (κ1) is 20.3. The summed E-state index contributed by atoms with van der Waals surface area (Å²) in [6.07, 6.45) is 7.90. The van der Waals surface area contributed by atoms with Crippen LogP contribution in [-0.4, -0.2) is 42.2 Å². The molecule has 0 N–H and O–H groups in total. The van der Waals surface area contributed by atoms with Gasteiger partial charge in [0.2, 0.25) is 0 Å². The number of pyridine rings is 1. The van der Waals surface area contributed by atoms with Gasteiger partial charge in [-0.05, 0) is 59.4 Å². The summed E-state index contributed by atoms with van der Waals surface area (Å²) in [5.74, 6) is 1.59. The van der Waals surface area contributed by atoms with Gasteiger partial charge in [0, 0.05) is 36.3 Å². The number of hydrogen-bond donors (Lipinski definition) is 0. The molecule has 4 heteroatoms. The van der Waals surface area contributed by atoms with Crippen molar-refractivity contribution in [3.63, 3.8) is 0 Å². The minimum absolute atomic E-state index is 0.494. The monoisotopic (exact) mass is 436 g/mol. The summed E-state index contributed by atoms with van der Waals surface area (Å²) >= 11 is 0. The number of methoxy groups -OCH3 is 1. The first-order valence-electron chi connectivity index (χ1n) is 11.8. The van der Waals surface area contributed by atoms with Crippen molar-refractivity contribution in [1.29, 1.82) is 0 Å². The summed E-state index contributed by atoms with van der Waals surface area (Å²) in [5.41, 5.74) is 3.75. The summed E-state index contributed by atoms with van der Waals surface area (Å²) < 4.78 is 11.7. The zero-order valence-electron chi connectivity index (χ0n) is 18.9. The first-order chi connectivity index (χ1) is 16.3. The summed E-state index contributed by atoms with van der Waals surface area (Å²) in [7, 11) is 1.69. The van der Waals surface area contributed by atoms with E-state index in [4.69, 9.17) is 9.47 Å². The first-order valence-corrected chi connectivity index (χ1v) is 11.8. The van der Waals surface area contributed by atoms with Gasteiger partial charge in [0.1, 0.15) is 23.6 Å². The van der Waals surface area contributed by atoms with Crippen LogP contribution in [0.3, 0.4) is 0 Å². The lowest BCUT2D eigenvalue weighted by Crippen LogP contribution is -2.40. The van der Waals surface area contributed by atoms with Crippen molar-refractivity contribution in [2.24, 2.45) is 0 Å². The van der Waals surface area contributed by atoms with Crippen LogP contribution in [0, 0.1) is 0 Å². The molecular formula is C29H28N2O2. The molecule has 33 heavy (non-hydrogen) atoms. The number of hydrogen-bond acceptors (Lipinski definition) is 4. The second-order valence-electron chi connectivity index (χ2n) is 9.04. The van der Waals surface area contributed by atoms with Crippen molar-refractivity contribution < 1.29 is 9.47 Å². The summed E-state index contributed by atoms with van der Waals surface area (Å²) in [6, 6.07) is 24.5. The van der Waals surface area contributed by atoms with Gasteiger partial charge in [-0.2, -0.15) is 0 Å². The molecule has 0 saturated carbocycles. The molecule has 0 radical (unpaired) electrons. The fourth-order valence-electron chi connectivity index (χ4n) is 5.49. The van der Waals surface area contributed by atoms with E-state index in [0.29, 0.717) is 18.7 Å². The van der Waals surface area contributed by atoms with E-state index in [2.05, 4.69) is 58.4 Å². The van der Waals surface area contributed by atoms with E-state index >= 15 is 0 Å². The van der Waals surface area contributed by atoms with Gasteiger partial charge in [0.25, 0.3) is 0 Å². The molecule has 1 saturated heterocycles. The number of fused-ring (bicyclic) bond motifs is 4. The lowest BCUT2D eigenvalue weighted by atomic mass is 9.93. The van der Waals surface area contributed by atoms with Gasteiger partial charge in [-0.3, -0.25) is 9.88 Å². The third-order valence-corrected chi connectivity index (χ3v) is 7.15. The van der Waals surface area contributed by atoms with Gasteiger partial charge < -0.3 is 9.47 Å². The fourth-order valence-corrected chi connectivity index (χ4v) is 5.49. The fraction of sp³-hybridized carbons (Fsp3) is 0.276. The zero-order valence-corrected chi connectivity index (χ0v) is 18.9. The van der Waals surface area contributed by atoms with Crippen molar-refractivity contribution in [3.8, 4) is 11.5 Å². The van der Waals surface area contributed by atoms with Gasteiger partial charge in [0.15, 0.2) is 0 Å². The van der Waals surface area contributed by atoms with Gasteiger partial charge in [-0.15, -0.1) is 0 Å². The Morgan fingerprint density at radius 1 is 0.939 bits per heavy atom. The molecule has 6 rings (SSSR count). The Hall–Kier alpha value is -3.37. The molecule has 3 heterocycles. The molecule has 1 fully saturated rings.